The Morgan fingerprint density at radius 1 is 1.54 bits per heavy atom. The number of ether oxygens (including phenoxy) is 1. The summed E-state index contributed by atoms with van der Waals surface area (Å²) in [5.41, 5.74) is 7.51. The number of hydrogen-bond acceptors (Lipinski definition) is 3. The molecular formula is C10H13NO2. The Hall–Kier alpha value is -1.22. The van der Waals surface area contributed by atoms with Crippen LogP contribution < -0.4 is 10.5 Å². The Bertz CT molecular complexity index is 312. The highest BCUT2D eigenvalue weighted by molar-refractivity contribution is 5.49. The van der Waals surface area contributed by atoms with E-state index in [4.69, 9.17) is 15.6 Å². The Morgan fingerprint density at radius 2 is 2.38 bits per heavy atom. The average molecular weight is 179 g/mol. The molecule has 0 aromatic heterocycles. The first-order valence-corrected chi connectivity index (χ1v) is 4.45. The molecule has 1 aliphatic rings. The van der Waals surface area contributed by atoms with E-state index in [2.05, 4.69) is 0 Å². The van der Waals surface area contributed by atoms with Crippen LogP contribution in [0.15, 0.2) is 18.2 Å². The van der Waals surface area contributed by atoms with Crippen LogP contribution in [0.1, 0.15) is 12.0 Å². The minimum atomic E-state index is -0.0608. The molecule has 0 saturated carbocycles. The Labute approximate surface area is 77.1 Å². The Morgan fingerprint density at radius 3 is 3.15 bits per heavy atom. The number of aryl methyl sites for hydroxylation is 1. The summed E-state index contributed by atoms with van der Waals surface area (Å²) in [7, 11) is 0. The summed E-state index contributed by atoms with van der Waals surface area (Å²) in [5.74, 6) is 0.824. The number of nitrogens with two attached hydrogens (primary N) is 1. The highest BCUT2D eigenvalue weighted by Gasteiger charge is 2.18. The number of nitrogen functional groups attached to an aromatic ring is 1. The smallest absolute Gasteiger partial charge is 0.125 e. The van der Waals surface area contributed by atoms with Gasteiger partial charge in [0, 0.05) is 11.8 Å². The van der Waals surface area contributed by atoms with E-state index in [-0.39, 0.29) is 12.7 Å². The van der Waals surface area contributed by atoms with Gasteiger partial charge < -0.3 is 15.6 Å². The highest BCUT2D eigenvalue weighted by Crippen LogP contribution is 2.29. The summed E-state index contributed by atoms with van der Waals surface area (Å²) in [5, 5.41) is 8.93. The van der Waals surface area contributed by atoms with Crippen molar-refractivity contribution in [3.05, 3.63) is 23.8 Å². The van der Waals surface area contributed by atoms with E-state index in [9.17, 15) is 0 Å². The quantitative estimate of drug-likeness (QED) is 0.631. The van der Waals surface area contributed by atoms with Crippen LogP contribution in [-0.2, 0) is 6.42 Å². The largest absolute Gasteiger partial charge is 0.488 e. The van der Waals surface area contributed by atoms with Gasteiger partial charge in [-0.2, -0.15) is 0 Å². The van der Waals surface area contributed by atoms with Gasteiger partial charge in [0.25, 0.3) is 0 Å². The molecule has 1 aliphatic heterocycles. The summed E-state index contributed by atoms with van der Waals surface area (Å²) in [6.07, 6.45) is 1.78. The second-order valence-electron chi connectivity index (χ2n) is 3.33. The summed E-state index contributed by atoms with van der Waals surface area (Å²) in [6.45, 7) is 0.0776. The standard InChI is InChI=1S/C10H13NO2/c11-8-3-1-7-2-4-9(6-12)13-10(7)5-8/h1,3,5,9,12H,2,4,6,11H2. The number of aliphatic hydroxyl groups excluding tert-OH is 1. The van der Waals surface area contributed by atoms with Crippen molar-refractivity contribution < 1.29 is 9.84 Å². The second-order valence-corrected chi connectivity index (χ2v) is 3.33. The molecule has 3 N–H and O–H groups in total. The average Bonchev–Trinajstić information content (AvgIpc) is 2.16. The molecule has 0 spiro atoms. The number of aliphatic hydroxyl groups is 1. The van der Waals surface area contributed by atoms with E-state index in [0.29, 0.717) is 5.69 Å². The molecule has 1 heterocycles. The van der Waals surface area contributed by atoms with Crippen LogP contribution in [0.3, 0.4) is 0 Å². The van der Waals surface area contributed by atoms with E-state index in [1.807, 2.05) is 18.2 Å². The SMILES string of the molecule is Nc1ccc2c(c1)OC(CO)CC2. The van der Waals surface area contributed by atoms with Gasteiger partial charge in [-0.15, -0.1) is 0 Å². The van der Waals surface area contributed by atoms with Crippen LogP contribution >= 0.6 is 0 Å². The van der Waals surface area contributed by atoms with Crippen molar-refractivity contribution >= 4 is 5.69 Å². The number of anilines is 1. The molecule has 13 heavy (non-hydrogen) atoms. The predicted octanol–water partition coefficient (Wildman–Crippen LogP) is 0.955. The molecule has 3 nitrogen and oxygen atoms in total. The molecule has 70 valence electrons. The van der Waals surface area contributed by atoms with E-state index in [1.54, 1.807) is 0 Å². The maximum atomic E-state index is 8.93. The maximum Gasteiger partial charge on any atom is 0.125 e. The molecule has 3 heteroatoms. The van der Waals surface area contributed by atoms with E-state index >= 15 is 0 Å². The monoisotopic (exact) mass is 179 g/mol. The summed E-state index contributed by atoms with van der Waals surface area (Å²) >= 11 is 0. The number of hydrogen-bond donors (Lipinski definition) is 2. The molecular weight excluding hydrogens is 166 g/mol. The minimum Gasteiger partial charge on any atom is -0.488 e. The zero-order valence-corrected chi connectivity index (χ0v) is 7.36. The van der Waals surface area contributed by atoms with Crippen molar-refractivity contribution in [2.75, 3.05) is 12.3 Å². The van der Waals surface area contributed by atoms with E-state index in [0.717, 1.165) is 18.6 Å². The van der Waals surface area contributed by atoms with E-state index in [1.165, 1.54) is 5.56 Å². The van der Waals surface area contributed by atoms with Gasteiger partial charge in [0.15, 0.2) is 0 Å². The van der Waals surface area contributed by atoms with Crippen molar-refractivity contribution in [1.29, 1.82) is 0 Å². The molecule has 0 radical (unpaired) electrons. The minimum absolute atomic E-state index is 0.0608. The molecule has 2 rings (SSSR count). The normalized spacial score (nSPS) is 20.5. The van der Waals surface area contributed by atoms with Gasteiger partial charge >= 0.3 is 0 Å². The fourth-order valence-electron chi connectivity index (χ4n) is 1.57. The zero-order valence-electron chi connectivity index (χ0n) is 7.36. The third kappa shape index (κ3) is 1.60. The number of benzene rings is 1. The van der Waals surface area contributed by atoms with Crippen LogP contribution in [0.4, 0.5) is 5.69 Å². The predicted molar refractivity (Wildman–Crippen MR) is 50.7 cm³/mol. The first-order chi connectivity index (χ1) is 6.29. The van der Waals surface area contributed by atoms with Gasteiger partial charge in [-0.1, -0.05) is 6.07 Å². The third-order valence-electron chi connectivity index (χ3n) is 2.32. The molecule has 1 aromatic rings. The summed E-state index contributed by atoms with van der Waals surface area (Å²) in [6, 6.07) is 5.68. The van der Waals surface area contributed by atoms with Crippen molar-refractivity contribution in [2.24, 2.45) is 0 Å². The van der Waals surface area contributed by atoms with Crippen LogP contribution in [0.2, 0.25) is 0 Å². The first-order valence-electron chi connectivity index (χ1n) is 4.45. The van der Waals surface area contributed by atoms with Gasteiger partial charge in [0.1, 0.15) is 11.9 Å². The van der Waals surface area contributed by atoms with Crippen molar-refractivity contribution in [2.45, 2.75) is 18.9 Å². The number of rotatable bonds is 1. The molecule has 0 aliphatic carbocycles. The van der Waals surface area contributed by atoms with Crippen LogP contribution in [-0.4, -0.2) is 17.8 Å². The lowest BCUT2D eigenvalue weighted by Gasteiger charge is -2.24. The Balaban J connectivity index is 2.27. The fraction of sp³-hybridized carbons (Fsp3) is 0.400. The number of fused-ring (bicyclic) bond motifs is 1. The summed E-state index contributed by atoms with van der Waals surface area (Å²) in [4.78, 5) is 0. The topological polar surface area (TPSA) is 55.5 Å². The molecule has 1 atom stereocenters. The lowest BCUT2D eigenvalue weighted by atomic mass is 10.0. The Kier molecular flexibility index (Phi) is 2.10. The van der Waals surface area contributed by atoms with Crippen molar-refractivity contribution in [3.63, 3.8) is 0 Å². The third-order valence-corrected chi connectivity index (χ3v) is 2.32. The molecule has 1 aromatic carbocycles. The second kappa shape index (κ2) is 3.26. The molecule has 1 unspecified atom stereocenters. The lowest BCUT2D eigenvalue weighted by Crippen LogP contribution is -2.26. The van der Waals surface area contributed by atoms with Crippen LogP contribution in [0.5, 0.6) is 5.75 Å². The van der Waals surface area contributed by atoms with Gasteiger partial charge in [-0.05, 0) is 24.5 Å². The van der Waals surface area contributed by atoms with Gasteiger partial charge in [0.2, 0.25) is 0 Å². The molecule has 0 fully saturated rings. The van der Waals surface area contributed by atoms with Gasteiger partial charge in [-0.25, -0.2) is 0 Å². The maximum absolute atomic E-state index is 8.93. The highest BCUT2D eigenvalue weighted by atomic mass is 16.5. The zero-order chi connectivity index (χ0) is 9.26. The lowest BCUT2D eigenvalue weighted by molar-refractivity contribution is 0.0979. The molecule has 0 saturated heterocycles. The van der Waals surface area contributed by atoms with Crippen molar-refractivity contribution in [3.8, 4) is 5.75 Å². The van der Waals surface area contributed by atoms with Crippen molar-refractivity contribution in [1.82, 2.24) is 0 Å². The van der Waals surface area contributed by atoms with Gasteiger partial charge in [-0.3, -0.25) is 0 Å². The van der Waals surface area contributed by atoms with Crippen LogP contribution in [0, 0.1) is 0 Å². The summed E-state index contributed by atoms with van der Waals surface area (Å²) < 4.78 is 5.53. The molecule has 0 amide bonds. The van der Waals surface area contributed by atoms with E-state index < -0.39 is 0 Å². The first kappa shape index (κ1) is 8.38. The van der Waals surface area contributed by atoms with Gasteiger partial charge in [0.05, 0.1) is 6.61 Å². The molecule has 0 bridgehead atoms. The van der Waals surface area contributed by atoms with Crippen LogP contribution in [0.25, 0.3) is 0 Å². The fourth-order valence-corrected chi connectivity index (χ4v) is 1.57.